The number of anilines is 1. The van der Waals surface area contributed by atoms with E-state index in [0.29, 0.717) is 23.8 Å². The molecule has 0 bridgehead atoms. The minimum Gasteiger partial charge on any atom is -0.376 e. The standard InChI is InChI=1S/C24H27N3O2S/c1-16-10-11-18-13-19(23(28)26-22(18)17(16)2)14-27(15-21-9-6-12-29-21)24(30)25-20-7-4-3-5-8-20/h3-5,7-8,10-11,13,21H,6,9,12,14-15H2,1-2H3,(H,25,30)(H,26,28)/t21-/m1/s1. The second-order valence-corrected chi connectivity index (χ2v) is 8.29. The number of nitrogens with zero attached hydrogens (tertiary/aromatic N) is 1. The van der Waals surface area contributed by atoms with Crippen LogP contribution in [0.4, 0.5) is 5.69 Å². The van der Waals surface area contributed by atoms with E-state index in [0.717, 1.165) is 41.6 Å². The summed E-state index contributed by atoms with van der Waals surface area (Å²) in [6, 6.07) is 16.0. The smallest absolute Gasteiger partial charge is 0.253 e. The first kappa shape index (κ1) is 20.6. The van der Waals surface area contributed by atoms with E-state index in [1.807, 2.05) is 48.2 Å². The van der Waals surface area contributed by atoms with Crippen LogP contribution >= 0.6 is 12.2 Å². The molecule has 2 aromatic carbocycles. The first-order valence-electron chi connectivity index (χ1n) is 10.4. The molecule has 30 heavy (non-hydrogen) atoms. The Kier molecular flexibility index (Phi) is 6.16. The number of ether oxygens (including phenoxy) is 1. The molecular weight excluding hydrogens is 394 g/mol. The number of H-pyrrole nitrogens is 1. The van der Waals surface area contributed by atoms with Crippen LogP contribution in [0, 0.1) is 13.8 Å². The van der Waals surface area contributed by atoms with Crippen LogP contribution in [0.1, 0.15) is 29.5 Å². The van der Waals surface area contributed by atoms with Crippen LogP contribution in [0.3, 0.4) is 0 Å². The van der Waals surface area contributed by atoms with Gasteiger partial charge in [0.05, 0.1) is 18.2 Å². The van der Waals surface area contributed by atoms with Crippen molar-refractivity contribution in [3.8, 4) is 0 Å². The number of nitrogens with one attached hydrogen (secondary N) is 2. The average Bonchev–Trinajstić information content (AvgIpc) is 3.25. The molecule has 4 rings (SSSR count). The maximum Gasteiger partial charge on any atom is 0.253 e. The second kappa shape index (κ2) is 8.98. The molecule has 3 aromatic rings. The Morgan fingerprint density at radius 2 is 2.03 bits per heavy atom. The monoisotopic (exact) mass is 421 g/mol. The number of aromatic nitrogens is 1. The van der Waals surface area contributed by atoms with Crippen molar-refractivity contribution in [2.24, 2.45) is 0 Å². The van der Waals surface area contributed by atoms with Crippen molar-refractivity contribution in [3.63, 3.8) is 0 Å². The number of hydrogen-bond donors (Lipinski definition) is 2. The number of thiocarbonyl (C=S) groups is 1. The van der Waals surface area contributed by atoms with Crippen molar-refractivity contribution in [1.82, 2.24) is 9.88 Å². The summed E-state index contributed by atoms with van der Waals surface area (Å²) in [5.74, 6) is 0. The Morgan fingerprint density at radius 1 is 1.23 bits per heavy atom. The summed E-state index contributed by atoms with van der Waals surface area (Å²) >= 11 is 5.72. The van der Waals surface area contributed by atoms with Crippen molar-refractivity contribution in [1.29, 1.82) is 0 Å². The van der Waals surface area contributed by atoms with Gasteiger partial charge in [0.25, 0.3) is 5.56 Å². The molecule has 0 spiro atoms. The van der Waals surface area contributed by atoms with Gasteiger partial charge >= 0.3 is 0 Å². The van der Waals surface area contributed by atoms with Crippen molar-refractivity contribution in [2.45, 2.75) is 39.3 Å². The molecule has 0 radical (unpaired) electrons. The van der Waals surface area contributed by atoms with E-state index in [2.05, 4.69) is 29.4 Å². The van der Waals surface area contributed by atoms with Crippen LogP contribution in [-0.4, -0.2) is 34.3 Å². The Labute approximate surface area is 182 Å². The van der Waals surface area contributed by atoms with E-state index in [9.17, 15) is 4.79 Å². The van der Waals surface area contributed by atoms with Gasteiger partial charge in [-0.05, 0) is 73.6 Å². The lowest BCUT2D eigenvalue weighted by molar-refractivity contribution is 0.0904. The van der Waals surface area contributed by atoms with Crippen LogP contribution in [0.15, 0.2) is 53.3 Å². The average molecular weight is 422 g/mol. The third-order valence-corrected chi connectivity index (χ3v) is 6.11. The van der Waals surface area contributed by atoms with Gasteiger partial charge in [-0.25, -0.2) is 0 Å². The largest absolute Gasteiger partial charge is 0.376 e. The molecule has 0 amide bonds. The number of benzene rings is 2. The number of aryl methyl sites for hydroxylation is 2. The molecule has 2 heterocycles. The van der Waals surface area contributed by atoms with Gasteiger partial charge < -0.3 is 19.9 Å². The van der Waals surface area contributed by atoms with Crippen molar-refractivity contribution < 1.29 is 4.74 Å². The molecule has 6 heteroatoms. The van der Waals surface area contributed by atoms with Crippen LogP contribution in [-0.2, 0) is 11.3 Å². The zero-order valence-electron chi connectivity index (χ0n) is 17.4. The van der Waals surface area contributed by atoms with Crippen molar-refractivity contribution in [3.05, 3.63) is 75.6 Å². The molecule has 2 N–H and O–H groups in total. The lowest BCUT2D eigenvalue weighted by atomic mass is 10.0. The number of rotatable bonds is 5. The molecular formula is C24H27N3O2S. The fourth-order valence-electron chi connectivity index (χ4n) is 3.87. The van der Waals surface area contributed by atoms with Crippen LogP contribution in [0.5, 0.6) is 0 Å². The summed E-state index contributed by atoms with van der Waals surface area (Å²) in [5, 5.41) is 4.93. The minimum atomic E-state index is -0.0731. The molecule has 5 nitrogen and oxygen atoms in total. The molecule has 0 unspecified atom stereocenters. The Hall–Kier alpha value is -2.70. The fourth-order valence-corrected chi connectivity index (χ4v) is 4.13. The number of aromatic amines is 1. The van der Waals surface area contributed by atoms with Gasteiger partial charge in [-0.15, -0.1) is 0 Å². The molecule has 1 saturated heterocycles. The summed E-state index contributed by atoms with van der Waals surface area (Å²) in [7, 11) is 0. The first-order chi connectivity index (χ1) is 14.5. The highest BCUT2D eigenvalue weighted by Gasteiger charge is 2.22. The SMILES string of the molecule is Cc1ccc2cc(CN(C[C@H]3CCCO3)C(=S)Nc3ccccc3)c(=O)[nH]c2c1C. The molecule has 1 aliphatic heterocycles. The van der Waals surface area contributed by atoms with E-state index in [1.165, 1.54) is 5.56 Å². The van der Waals surface area contributed by atoms with E-state index >= 15 is 0 Å². The maximum atomic E-state index is 12.9. The Morgan fingerprint density at radius 3 is 2.77 bits per heavy atom. The number of hydrogen-bond acceptors (Lipinski definition) is 3. The zero-order chi connectivity index (χ0) is 21.1. The molecule has 1 aliphatic rings. The van der Waals surface area contributed by atoms with Crippen LogP contribution < -0.4 is 10.9 Å². The van der Waals surface area contributed by atoms with Gasteiger partial charge in [-0.3, -0.25) is 4.79 Å². The lowest BCUT2D eigenvalue weighted by Gasteiger charge is -2.28. The van der Waals surface area contributed by atoms with Gasteiger partial charge in [0.1, 0.15) is 0 Å². The Balaban J connectivity index is 1.62. The molecule has 1 aromatic heterocycles. The third-order valence-electron chi connectivity index (χ3n) is 5.75. The maximum absolute atomic E-state index is 12.9. The first-order valence-corrected chi connectivity index (χ1v) is 10.8. The third kappa shape index (κ3) is 4.55. The van der Waals surface area contributed by atoms with Gasteiger partial charge in [-0.1, -0.05) is 30.3 Å². The number of para-hydroxylation sites is 1. The molecule has 1 fully saturated rings. The normalized spacial score (nSPS) is 16.0. The van der Waals surface area contributed by atoms with Gasteiger partial charge in [0.15, 0.2) is 5.11 Å². The van der Waals surface area contributed by atoms with Crippen LogP contribution in [0.25, 0.3) is 10.9 Å². The molecule has 1 atom stereocenters. The van der Waals surface area contributed by atoms with Gasteiger partial charge in [0.2, 0.25) is 0 Å². The quantitative estimate of drug-likeness (QED) is 0.593. The van der Waals surface area contributed by atoms with Crippen molar-refractivity contribution in [2.75, 3.05) is 18.5 Å². The second-order valence-electron chi connectivity index (χ2n) is 7.91. The molecule has 156 valence electrons. The molecule has 0 aliphatic carbocycles. The lowest BCUT2D eigenvalue weighted by Crippen LogP contribution is -2.40. The highest BCUT2D eigenvalue weighted by Crippen LogP contribution is 2.21. The predicted molar refractivity (Wildman–Crippen MR) is 126 cm³/mol. The number of pyridine rings is 1. The topological polar surface area (TPSA) is 57.4 Å². The summed E-state index contributed by atoms with van der Waals surface area (Å²) in [4.78, 5) is 18.0. The van der Waals surface area contributed by atoms with E-state index in [1.54, 1.807) is 0 Å². The van der Waals surface area contributed by atoms with E-state index in [-0.39, 0.29) is 11.7 Å². The number of fused-ring (bicyclic) bond motifs is 1. The Bertz CT molecular complexity index is 1100. The van der Waals surface area contributed by atoms with Gasteiger partial charge in [0, 0.05) is 24.4 Å². The van der Waals surface area contributed by atoms with E-state index < -0.39 is 0 Å². The zero-order valence-corrected chi connectivity index (χ0v) is 18.2. The van der Waals surface area contributed by atoms with E-state index in [4.69, 9.17) is 17.0 Å². The van der Waals surface area contributed by atoms with Crippen molar-refractivity contribution >= 4 is 33.9 Å². The van der Waals surface area contributed by atoms with Gasteiger partial charge in [-0.2, -0.15) is 0 Å². The summed E-state index contributed by atoms with van der Waals surface area (Å²) < 4.78 is 5.84. The van der Waals surface area contributed by atoms with Crippen LogP contribution in [0.2, 0.25) is 0 Å². The summed E-state index contributed by atoms with van der Waals surface area (Å²) in [6.07, 6.45) is 2.20. The summed E-state index contributed by atoms with van der Waals surface area (Å²) in [6.45, 7) is 5.96. The highest BCUT2D eigenvalue weighted by atomic mass is 32.1. The fraction of sp³-hybridized carbons (Fsp3) is 0.333. The highest BCUT2D eigenvalue weighted by molar-refractivity contribution is 7.80. The minimum absolute atomic E-state index is 0.0731. The summed E-state index contributed by atoms with van der Waals surface area (Å²) in [5.41, 5.74) is 4.72. The predicted octanol–water partition coefficient (Wildman–Crippen LogP) is 4.52. The molecule has 0 saturated carbocycles.